The van der Waals surface area contributed by atoms with E-state index in [9.17, 15) is 5.11 Å². The van der Waals surface area contributed by atoms with Crippen molar-refractivity contribution in [3.8, 4) is 0 Å². The zero-order chi connectivity index (χ0) is 8.15. The normalized spacial score (nSPS) is 14.7. The number of aliphatic hydroxyl groups excluding tert-OH is 1. The summed E-state index contributed by atoms with van der Waals surface area (Å²) in [5, 5.41) is 9.38. The molecule has 1 atom stereocenters. The van der Waals surface area contributed by atoms with Crippen LogP contribution in [0.15, 0.2) is 0 Å². The van der Waals surface area contributed by atoms with Gasteiger partial charge in [-0.2, -0.15) is 0 Å². The first kappa shape index (κ1) is 9.96. The Labute approximate surface area is 64.5 Å². The first-order valence-electron chi connectivity index (χ1n) is 4.22. The third kappa shape index (κ3) is 4.80. The van der Waals surface area contributed by atoms with Crippen molar-refractivity contribution in [1.82, 2.24) is 0 Å². The van der Waals surface area contributed by atoms with E-state index in [4.69, 9.17) is 0 Å². The monoisotopic (exact) mass is 144 g/mol. The van der Waals surface area contributed by atoms with Crippen LogP contribution >= 0.6 is 0 Å². The van der Waals surface area contributed by atoms with Crippen molar-refractivity contribution in [3.05, 3.63) is 0 Å². The highest BCUT2D eigenvalue weighted by Gasteiger charge is 2.08. The van der Waals surface area contributed by atoms with Gasteiger partial charge in [-0.1, -0.05) is 27.7 Å². The molecule has 0 radical (unpaired) electrons. The van der Waals surface area contributed by atoms with Crippen LogP contribution < -0.4 is 0 Å². The number of hydrogen-bond acceptors (Lipinski definition) is 1. The predicted octanol–water partition coefficient (Wildman–Crippen LogP) is 2.44. The Bertz CT molecular complexity index is 76.8. The van der Waals surface area contributed by atoms with Gasteiger partial charge in [0, 0.05) is 0 Å². The predicted molar refractivity (Wildman–Crippen MR) is 44.9 cm³/mol. The maximum Gasteiger partial charge on any atom is 0.0563 e. The fourth-order valence-electron chi connectivity index (χ4n) is 0.837. The fraction of sp³-hybridized carbons (Fsp3) is 1.00. The molecule has 0 bridgehead atoms. The minimum atomic E-state index is -0.0950. The summed E-state index contributed by atoms with van der Waals surface area (Å²) in [5.74, 6) is 1.13. The van der Waals surface area contributed by atoms with Gasteiger partial charge < -0.3 is 5.11 Å². The Morgan fingerprint density at radius 3 is 1.80 bits per heavy atom. The van der Waals surface area contributed by atoms with Gasteiger partial charge in [-0.05, 0) is 24.7 Å². The van der Waals surface area contributed by atoms with Gasteiger partial charge in [0.2, 0.25) is 0 Å². The molecule has 10 heavy (non-hydrogen) atoms. The molecular formula is C9H20O. The summed E-state index contributed by atoms with van der Waals surface area (Å²) < 4.78 is 0. The van der Waals surface area contributed by atoms with Crippen LogP contribution in [0.5, 0.6) is 0 Å². The number of rotatable bonds is 4. The molecule has 1 heteroatoms. The molecule has 0 aromatic rings. The van der Waals surface area contributed by atoms with E-state index in [1.807, 2.05) is 0 Å². The molecule has 1 nitrogen and oxygen atoms in total. The Balaban J connectivity index is 3.30. The maximum atomic E-state index is 9.38. The molecule has 0 aliphatic rings. The molecule has 0 unspecified atom stereocenters. The zero-order valence-electron chi connectivity index (χ0n) is 7.59. The second kappa shape index (κ2) is 4.73. The lowest BCUT2D eigenvalue weighted by Crippen LogP contribution is -2.14. The van der Waals surface area contributed by atoms with Gasteiger partial charge in [-0.25, -0.2) is 0 Å². The summed E-state index contributed by atoms with van der Waals surface area (Å²) >= 11 is 0. The number of hydrogen-bond donors (Lipinski definition) is 1. The molecule has 0 amide bonds. The lowest BCUT2D eigenvalue weighted by Gasteiger charge is -2.14. The van der Waals surface area contributed by atoms with Gasteiger partial charge >= 0.3 is 0 Å². The Hall–Kier alpha value is -0.0400. The van der Waals surface area contributed by atoms with Crippen molar-refractivity contribution in [2.45, 2.75) is 46.6 Å². The van der Waals surface area contributed by atoms with E-state index in [1.165, 1.54) is 0 Å². The van der Waals surface area contributed by atoms with Crippen LogP contribution in [0.3, 0.4) is 0 Å². The fourth-order valence-corrected chi connectivity index (χ4v) is 0.837. The van der Waals surface area contributed by atoms with E-state index in [0.717, 1.165) is 12.8 Å². The second-order valence-corrected chi connectivity index (χ2v) is 3.78. The van der Waals surface area contributed by atoms with Crippen LogP contribution in [-0.2, 0) is 0 Å². The minimum Gasteiger partial charge on any atom is -0.393 e. The lowest BCUT2D eigenvalue weighted by molar-refractivity contribution is 0.110. The average Bonchev–Trinajstić information content (AvgIpc) is 1.82. The molecule has 0 aliphatic heterocycles. The Kier molecular flexibility index (Phi) is 4.71. The molecule has 0 aliphatic carbocycles. The second-order valence-electron chi connectivity index (χ2n) is 3.78. The maximum absolute atomic E-state index is 9.38. The molecule has 0 rings (SSSR count). The molecule has 0 saturated heterocycles. The van der Waals surface area contributed by atoms with E-state index < -0.39 is 0 Å². The van der Waals surface area contributed by atoms with Crippen LogP contribution in [0.25, 0.3) is 0 Å². The van der Waals surface area contributed by atoms with E-state index in [0.29, 0.717) is 11.8 Å². The van der Waals surface area contributed by atoms with E-state index in [2.05, 4.69) is 27.7 Å². The largest absolute Gasteiger partial charge is 0.393 e. The Morgan fingerprint density at radius 2 is 1.50 bits per heavy atom. The standard InChI is InChI=1S/C9H20O/c1-7(2)5-6-9(10)8(3)4/h7-10H,5-6H2,1-4H3/t9-/m1/s1. The molecule has 0 fully saturated rings. The van der Waals surface area contributed by atoms with Crippen LogP contribution in [0.1, 0.15) is 40.5 Å². The SMILES string of the molecule is CC(C)CC[C@@H](O)C(C)C. The van der Waals surface area contributed by atoms with Crippen molar-refractivity contribution >= 4 is 0 Å². The number of aliphatic hydroxyl groups is 1. The van der Waals surface area contributed by atoms with Crippen molar-refractivity contribution in [3.63, 3.8) is 0 Å². The summed E-state index contributed by atoms with van der Waals surface area (Å²) in [5.41, 5.74) is 0. The molecule has 0 heterocycles. The third-order valence-electron chi connectivity index (χ3n) is 1.81. The molecule has 0 aromatic carbocycles. The lowest BCUT2D eigenvalue weighted by atomic mass is 9.98. The quantitative estimate of drug-likeness (QED) is 0.642. The average molecular weight is 144 g/mol. The van der Waals surface area contributed by atoms with Gasteiger partial charge in [0.1, 0.15) is 0 Å². The summed E-state index contributed by atoms with van der Waals surface area (Å²) in [6, 6.07) is 0. The van der Waals surface area contributed by atoms with Crippen molar-refractivity contribution in [2.24, 2.45) is 11.8 Å². The molecule has 62 valence electrons. The molecule has 1 N–H and O–H groups in total. The van der Waals surface area contributed by atoms with Crippen molar-refractivity contribution < 1.29 is 5.11 Å². The minimum absolute atomic E-state index is 0.0950. The third-order valence-corrected chi connectivity index (χ3v) is 1.81. The van der Waals surface area contributed by atoms with Crippen molar-refractivity contribution in [1.29, 1.82) is 0 Å². The summed E-state index contributed by atoms with van der Waals surface area (Å²) in [4.78, 5) is 0. The highest BCUT2D eigenvalue weighted by molar-refractivity contribution is 4.60. The van der Waals surface area contributed by atoms with Crippen molar-refractivity contribution in [2.75, 3.05) is 0 Å². The van der Waals surface area contributed by atoms with Gasteiger partial charge in [-0.15, -0.1) is 0 Å². The molecule has 0 saturated carbocycles. The topological polar surface area (TPSA) is 20.2 Å². The first-order chi connectivity index (χ1) is 4.54. The van der Waals surface area contributed by atoms with E-state index in [-0.39, 0.29) is 6.10 Å². The van der Waals surface area contributed by atoms with Crippen LogP contribution in [0.4, 0.5) is 0 Å². The summed E-state index contributed by atoms with van der Waals surface area (Å²) in [7, 11) is 0. The zero-order valence-corrected chi connectivity index (χ0v) is 7.59. The van der Waals surface area contributed by atoms with E-state index in [1.54, 1.807) is 0 Å². The molecular weight excluding hydrogens is 124 g/mol. The van der Waals surface area contributed by atoms with Crippen LogP contribution in [0.2, 0.25) is 0 Å². The smallest absolute Gasteiger partial charge is 0.0563 e. The van der Waals surface area contributed by atoms with Gasteiger partial charge in [0.15, 0.2) is 0 Å². The van der Waals surface area contributed by atoms with Gasteiger partial charge in [-0.3, -0.25) is 0 Å². The molecule has 0 spiro atoms. The Morgan fingerprint density at radius 1 is 1.00 bits per heavy atom. The van der Waals surface area contributed by atoms with E-state index >= 15 is 0 Å². The highest BCUT2D eigenvalue weighted by Crippen LogP contribution is 2.12. The van der Waals surface area contributed by atoms with Gasteiger partial charge in [0.05, 0.1) is 6.10 Å². The van der Waals surface area contributed by atoms with Gasteiger partial charge in [0.25, 0.3) is 0 Å². The summed E-state index contributed by atoms with van der Waals surface area (Å²) in [6.07, 6.45) is 2.00. The summed E-state index contributed by atoms with van der Waals surface area (Å²) in [6.45, 7) is 8.50. The molecule has 0 aromatic heterocycles. The highest BCUT2D eigenvalue weighted by atomic mass is 16.3. The first-order valence-corrected chi connectivity index (χ1v) is 4.22. The van der Waals surface area contributed by atoms with Crippen LogP contribution in [0, 0.1) is 11.8 Å². The van der Waals surface area contributed by atoms with Crippen LogP contribution in [-0.4, -0.2) is 11.2 Å².